The van der Waals surface area contributed by atoms with E-state index in [1.165, 1.54) is 0 Å². The summed E-state index contributed by atoms with van der Waals surface area (Å²) in [5, 5.41) is 17.7. The van der Waals surface area contributed by atoms with Crippen LogP contribution in [-0.2, 0) is 25.8 Å². The average Bonchev–Trinajstić information content (AvgIpc) is 3.68. The van der Waals surface area contributed by atoms with E-state index in [-0.39, 0.29) is 37.5 Å². The minimum Gasteiger partial charge on any atom is -0.396 e. The molecule has 1 aromatic carbocycles. The summed E-state index contributed by atoms with van der Waals surface area (Å²) in [6, 6.07) is 6.66. The number of para-hydroxylation sites is 1. The standard InChI is InChI=1S/C31H42N6O5/c1-5-17-34(4)27(39)24-25-28(40)36(19-11-7-8-12-20-38)26(31(25)16-15-30(24,3)42-31)29(41)35(18-6-2)21-37-23-14-10-9-13-22(23)32-33-37/h5-6,9-10,13-14,24-26,38H,1-2,7-8,11-12,15-21H2,3-4H3/t24-,25-,26?,30+,31?/m0/s1. The van der Waals surface area contributed by atoms with Gasteiger partial charge in [-0.05, 0) is 44.7 Å². The maximum absolute atomic E-state index is 14.6. The molecule has 5 rings (SSSR count). The lowest BCUT2D eigenvalue weighted by Crippen LogP contribution is -2.56. The molecule has 5 atom stereocenters. The monoisotopic (exact) mass is 578 g/mol. The van der Waals surface area contributed by atoms with Gasteiger partial charge >= 0.3 is 0 Å². The Balaban J connectivity index is 1.50. The first-order valence-corrected chi connectivity index (χ1v) is 14.9. The minimum absolute atomic E-state index is 0.122. The lowest BCUT2D eigenvalue weighted by atomic mass is 9.66. The molecule has 2 unspecified atom stereocenters. The molecule has 1 aromatic heterocycles. The number of unbranched alkanes of at least 4 members (excludes halogenated alkanes) is 3. The number of carbonyl (C=O) groups is 3. The summed E-state index contributed by atoms with van der Waals surface area (Å²) in [4.78, 5) is 47.6. The number of carbonyl (C=O) groups excluding carboxylic acids is 3. The number of nitrogens with zero attached hydrogens (tertiary/aromatic N) is 6. The number of ether oxygens (including phenoxy) is 1. The van der Waals surface area contributed by atoms with Crippen LogP contribution in [-0.4, -0.2) is 103 Å². The Kier molecular flexibility index (Phi) is 8.52. The predicted molar refractivity (Wildman–Crippen MR) is 157 cm³/mol. The van der Waals surface area contributed by atoms with E-state index in [0.29, 0.717) is 38.8 Å². The summed E-state index contributed by atoms with van der Waals surface area (Å²) in [6.45, 7) is 10.8. The van der Waals surface area contributed by atoms with Crippen molar-refractivity contribution >= 4 is 28.8 Å². The van der Waals surface area contributed by atoms with Crippen LogP contribution in [0.3, 0.4) is 0 Å². The average molecular weight is 579 g/mol. The Morgan fingerprint density at radius 1 is 1.12 bits per heavy atom. The van der Waals surface area contributed by atoms with Crippen LogP contribution in [0.1, 0.15) is 45.4 Å². The van der Waals surface area contributed by atoms with Crippen LogP contribution in [0.2, 0.25) is 0 Å². The Labute approximate surface area is 246 Å². The first kappa shape index (κ1) is 29.9. The second-order valence-electron chi connectivity index (χ2n) is 12.0. The van der Waals surface area contributed by atoms with Crippen molar-refractivity contribution in [1.29, 1.82) is 0 Å². The molecule has 1 N–H and O–H groups in total. The molecule has 0 radical (unpaired) electrons. The highest BCUT2D eigenvalue weighted by Crippen LogP contribution is 2.63. The summed E-state index contributed by atoms with van der Waals surface area (Å²) in [7, 11) is 1.71. The van der Waals surface area contributed by atoms with Crippen LogP contribution in [0.25, 0.3) is 11.0 Å². The molecule has 2 bridgehead atoms. The molecular weight excluding hydrogens is 536 g/mol. The van der Waals surface area contributed by atoms with E-state index in [9.17, 15) is 19.5 Å². The Morgan fingerprint density at radius 3 is 2.60 bits per heavy atom. The molecular formula is C31H42N6O5. The number of likely N-dealkylation sites (N-methyl/N-ethyl adjacent to an activating group) is 1. The van der Waals surface area contributed by atoms with Gasteiger partial charge in [0, 0.05) is 33.3 Å². The SMILES string of the molecule is C=CCN(C)C(=O)[C@@H]1[C@H]2C(=O)N(CCCCCCO)C(C(=O)N(CC=C)Cn3nnc4ccccc43)C23CC[C@@]1(C)O3. The third kappa shape index (κ3) is 4.92. The fourth-order valence-electron chi connectivity index (χ4n) is 7.32. The van der Waals surface area contributed by atoms with E-state index < -0.39 is 29.1 Å². The third-order valence-corrected chi connectivity index (χ3v) is 9.25. The van der Waals surface area contributed by atoms with E-state index in [1.807, 2.05) is 31.2 Å². The third-order valence-electron chi connectivity index (χ3n) is 9.25. The number of amides is 3. The van der Waals surface area contributed by atoms with Crippen molar-refractivity contribution in [3.8, 4) is 0 Å². The number of benzene rings is 1. The van der Waals surface area contributed by atoms with E-state index >= 15 is 0 Å². The van der Waals surface area contributed by atoms with E-state index in [0.717, 1.165) is 23.9 Å². The maximum atomic E-state index is 14.6. The lowest BCUT2D eigenvalue weighted by Gasteiger charge is -2.36. The molecule has 3 aliphatic rings. The van der Waals surface area contributed by atoms with Crippen molar-refractivity contribution in [3.63, 3.8) is 0 Å². The first-order valence-electron chi connectivity index (χ1n) is 14.9. The van der Waals surface area contributed by atoms with Gasteiger partial charge in [0.1, 0.15) is 23.8 Å². The number of aliphatic hydroxyl groups excluding tert-OH is 1. The Bertz CT molecular complexity index is 1360. The van der Waals surface area contributed by atoms with Crippen molar-refractivity contribution < 1.29 is 24.2 Å². The van der Waals surface area contributed by atoms with E-state index in [1.54, 1.807) is 38.6 Å². The highest BCUT2D eigenvalue weighted by Gasteiger charge is 2.78. The second kappa shape index (κ2) is 12.0. The van der Waals surface area contributed by atoms with Crippen molar-refractivity contribution in [2.75, 3.05) is 33.3 Å². The molecule has 0 saturated carbocycles. The zero-order valence-electron chi connectivity index (χ0n) is 24.7. The molecule has 226 valence electrons. The van der Waals surface area contributed by atoms with Gasteiger partial charge in [-0.2, -0.15) is 0 Å². The zero-order chi connectivity index (χ0) is 30.1. The smallest absolute Gasteiger partial charge is 0.250 e. The molecule has 2 aromatic rings. The number of aliphatic hydroxyl groups is 1. The van der Waals surface area contributed by atoms with Gasteiger partial charge in [-0.1, -0.05) is 42.3 Å². The number of hydrogen-bond acceptors (Lipinski definition) is 7. The number of rotatable bonds is 14. The molecule has 3 amide bonds. The molecule has 3 saturated heterocycles. The Hall–Kier alpha value is -3.57. The largest absolute Gasteiger partial charge is 0.396 e. The van der Waals surface area contributed by atoms with Gasteiger partial charge in [0.2, 0.25) is 17.7 Å². The van der Waals surface area contributed by atoms with Crippen LogP contribution in [0.5, 0.6) is 0 Å². The van der Waals surface area contributed by atoms with Gasteiger partial charge in [0.15, 0.2) is 0 Å². The van der Waals surface area contributed by atoms with Gasteiger partial charge in [-0.25, -0.2) is 4.68 Å². The van der Waals surface area contributed by atoms with Gasteiger partial charge in [-0.15, -0.1) is 18.3 Å². The predicted octanol–water partition coefficient (Wildman–Crippen LogP) is 2.37. The fraction of sp³-hybridized carbons (Fsp3) is 0.581. The zero-order valence-corrected chi connectivity index (χ0v) is 24.7. The maximum Gasteiger partial charge on any atom is 0.250 e. The van der Waals surface area contributed by atoms with Crippen LogP contribution < -0.4 is 0 Å². The molecule has 0 aliphatic carbocycles. The van der Waals surface area contributed by atoms with Crippen molar-refractivity contribution in [1.82, 2.24) is 29.7 Å². The van der Waals surface area contributed by atoms with Crippen molar-refractivity contribution in [3.05, 3.63) is 49.6 Å². The van der Waals surface area contributed by atoms with Gasteiger partial charge in [-0.3, -0.25) is 14.4 Å². The molecule has 11 heteroatoms. The normalized spacial score (nSPS) is 27.8. The topological polar surface area (TPSA) is 121 Å². The number of likely N-dealkylation sites (tertiary alicyclic amines) is 1. The summed E-state index contributed by atoms with van der Waals surface area (Å²) in [6.07, 6.45) is 7.43. The highest BCUT2D eigenvalue weighted by molar-refractivity contribution is 5.99. The highest BCUT2D eigenvalue weighted by atomic mass is 16.5. The fourth-order valence-corrected chi connectivity index (χ4v) is 7.32. The second-order valence-corrected chi connectivity index (χ2v) is 12.0. The molecule has 3 aliphatic heterocycles. The molecule has 11 nitrogen and oxygen atoms in total. The number of fused-ring (bicyclic) bond motifs is 2. The number of hydrogen-bond donors (Lipinski definition) is 1. The van der Waals surface area contributed by atoms with Crippen LogP contribution in [0, 0.1) is 11.8 Å². The molecule has 4 heterocycles. The van der Waals surface area contributed by atoms with E-state index in [2.05, 4.69) is 23.5 Å². The first-order chi connectivity index (χ1) is 20.2. The van der Waals surface area contributed by atoms with Crippen LogP contribution >= 0.6 is 0 Å². The number of aromatic nitrogens is 3. The molecule has 3 fully saturated rings. The molecule has 1 spiro atoms. The quantitative estimate of drug-likeness (QED) is 0.270. The van der Waals surface area contributed by atoms with Crippen LogP contribution in [0.15, 0.2) is 49.6 Å². The summed E-state index contributed by atoms with van der Waals surface area (Å²) < 4.78 is 8.44. The Morgan fingerprint density at radius 2 is 1.86 bits per heavy atom. The summed E-state index contributed by atoms with van der Waals surface area (Å²) in [5.74, 6) is -2.05. The summed E-state index contributed by atoms with van der Waals surface area (Å²) >= 11 is 0. The van der Waals surface area contributed by atoms with Gasteiger partial charge in [0.25, 0.3) is 0 Å². The minimum atomic E-state index is -1.10. The van der Waals surface area contributed by atoms with Gasteiger partial charge < -0.3 is 24.5 Å². The summed E-state index contributed by atoms with van der Waals surface area (Å²) in [5.41, 5.74) is -0.435. The lowest BCUT2D eigenvalue weighted by molar-refractivity contribution is -0.154. The van der Waals surface area contributed by atoms with Crippen molar-refractivity contribution in [2.24, 2.45) is 11.8 Å². The van der Waals surface area contributed by atoms with E-state index in [4.69, 9.17) is 4.74 Å². The molecule has 42 heavy (non-hydrogen) atoms. The van der Waals surface area contributed by atoms with Gasteiger partial charge in [0.05, 0.1) is 23.0 Å². The van der Waals surface area contributed by atoms with Crippen LogP contribution in [0.4, 0.5) is 0 Å². The van der Waals surface area contributed by atoms with Crippen molar-refractivity contribution in [2.45, 2.75) is 69.4 Å².